The van der Waals surface area contributed by atoms with Crippen molar-refractivity contribution < 1.29 is 13.2 Å². The molecule has 4 rings (SSSR count). The van der Waals surface area contributed by atoms with Crippen LogP contribution in [0.2, 0.25) is 0 Å². The second-order valence-corrected chi connectivity index (χ2v) is 10.4. The molecular formula is C25H27N5O3S. The van der Waals surface area contributed by atoms with Gasteiger partial charge in [-0.25, -0.2) is 18.1 Å². The summed E-state index contributed by atoms with van der Waals surface area (Å²) in [5, 5.41) is 8.01. The van der Waals surface area contributed by atoms with Crippen molar-refractivity contribution in [2.75, 3.05) is 16.3 Å². The van der Waals surface area contributed by atoms with E-state index in [0.29, 0.717) is 33.7 Å². The lowest BCUT2D eigenvalue weighted by atomic mass is 10.0. The summed E-state index contributed by atoms with van der Waals surface area (Å²) in [5.74, 6) is -0.334. The zero-order valence-electron chi connectivity index (χ0n) is 19.7. The number of amides is 1. The Bertz CT molecular complexity index is 1510. The molecule has 0 fully saturated rings. The van der Waals surface area contributed by atoms with E-state index in [1.807, 2.05) is 45.0 Å². The minimum atomic E-state index is -3.45. The molecule has 0 radical (unpaired) electrons. The highest BCUT2D eigenvalue weighted by atomic mass is 32.2. The van der Waals surface area contributed by atoms with E-state index in [2.05, 4.69) is 15.1 Å². The summed E-state index contributed by atoms with van der Waals surface area (Å²) in [7, 11) is -3.45. The Hall–Kier alpha value is -3.72. The lowest BCUT2D eigenvalue weighted by Gasteiger charge is -2.13. The molecule has 34 heavy (non-hydrogen) atoms. The second kappa shape index (κ2) is 8.90. The number of aryl methyl sites for hydroxylation is 2. The Morgan fingerprint density at radius 1 is 1.03 bits per heavy atom. The van der Waals surface area contributed by atoms with Gasteiger partial charge in [-0.1, -0.05) is 30.3 Å². The monoisotopic (exact) mass is 477 g/mol. The second-order valence-electron chi connectivity index (χ2n) is 8.65. The van der Waals surface area contributed by atoms with Crippen LogP contribution in [-0.2, 0) is 10.0 Å². The van der Waals surface area contributed by atoms with Crippen molar-refractivity contribution in [3.8, 4) is 11.3 Å². The van der Waals surface area contributed by atoms with Gasteiger partial charge in [-0.3, -0.25) is 9.52 Å². The van der Waals surface area contributed by atoms with Crippen LogP contribution in [0.4, 0.5) is 11.4 Å². The molecule has 2 aromatic heterocycles. The number of nitrogens with zero attached hydrogens (tertiary/aromatic N) is 3. The largest absolute Gasteiger partial charge is 0.322 e. The van der Waals surface area contributed by atoms with Gasteiger partial charge < -0.3 is 5.32 Å². The summed E-state index contributed by atoms with van der Waals surface area (Å²) < 4.78 is 27.7. The molecule has 8 nitrogen and oxygen atoms in total. The maximum Gasteiger partial charge on any atom is 0.256 e. The molecule has 0 saturated carbocycles. The highest BCUT2D eigenvalue weighted by Gasteiger charge is 2.19. The fourth-order valence-electron chi connectivity index (χ4n) is 3.79. The Balaban J connectivity index is 1.80. The zero-order chi connectivity index (χ0) is 24.6. The number of hydrogen-bond donors (Lipinski definition) is 2. The lowest BCUT2D eigenvalue weighted by Crippen LogP contribution is -2.15. The average Bonchev–Trinajstić information content (AvgIpc) is 3.19. The first-order chi connectivity index (χ1) is 16.0. The maximum atomic E-state index is 13.4. The van der Waals surface area contributed by atoms with Crippen LogP contribution in [0.1, 0.15) is 41.4 Å². The third-order valence-electron chi connectivity index (χ3n) is 5.51. The molecule has 1 amide bonds. The zero-order valence-corrected chi connectivity index (χ0v) is 20.6. The third kappa shape index (κ3) is 4.79. The normalized spacial score (nSPS) is 11.7. The van der Waals surface area contributed by atoms with E-state index in [1.54, 1.807) is 42.1 Å². The number of carbonyl (C=O) groups is 1. The molecule has 0 aliphatic rings. The van der Waals surface area contributed by atoms with Gasteiger partial charge in [0.15, 0.2) is 5.65 Å². The number of rotatable bonds is 6. The van der Waals surface area contributed by atoms with E-state index in [1.165, 1.54) is 0 Å². The van der Waals surface area contributed by atoms with Gasteiger partial charge >= 0.3 is 0 Å². The van der Waals surface area contributed by atoms with Crippen molar-refractivity contribution in [3.63, 3.8) is 0 Å². The summed E-state index contributed by atoms with van der Waals surface area (Å²) in [5.41, 5.74) is 5.36. The number of hydrogen-bond acceptors (Lipinski definition) is 5. The van der Waals surface area contributed by atoms with Gasteiger partial charge in [0, 0.05) is 17.3 Å². The number of carbonyl (C=O) groups excluding carboxylic acids is 1. The number of pyridine rings is 1. The number of anilines is 2. The number of fused-ring (bicyclic) bond motifs is 1. The van der Waals surface area contributed by atoms with Gasteiger partial charge in [-0.2, -0.15) is 5.10 Å². The first kappa shape index (κ1) is 23.4. The number of nitrogens with one attached hydrogen (secondary N) is 2. The summed E-state index contributed by atoms with van der Waals surface area (Å²) in [6.07, 6.45) is 2.75. The SMILES string of the molecule is Cc1ccc(NC(=O)c2cc(-c3ccccc3C)nc3c2cnn3C(C)C)cc1NS(C)(=O)=O. The standard InChI is InChI=1S/C25H27N5O3S/c1-15(2)30-24-21(14-26-30)20(13-23(28-24)19-9-7-6-8-16(19)3)25(31)27-18-11-10-17(4)22(12-18)29-34(5,32)33/h6-15,29H,1-5H3,(H,27,31). The lowest BCUT2D eigenvalue weighted by molar-refractivity contribution is 0.102. The first-order valence-corrected chi connectivity index (χ1v) is 12.8. The van der Waals surface area contributed by atoms with E-state index in [9.17, 15) is 13.2 Å². The van der Waals surface area contributed by atoms with E-state index in [0.717, 1.165) is 22.9 Å². The van der Waals surface area contributed by atoms with Crippen LogP contribution in [0, 0.1) is 13.8 Å². The van der Waals surface area contributed by atoms with Crippen LogP contribution in [-0.4, -0.2) is 35.3 Å². The quantitative estimate of drug-likeness (QED) is 0.410. The Labute approximate surface area is 199 Å². The van der Waals surface area contributed by atoms with Crippen LogP contribution < -0.4 is 10.0 Å². The molecule has 0 unspecified atom stereocenters. The van der Waals surface area contributed by atoms with Gasteiger partial charge in [0.2, 0.25) is 10.0 Å². The molecule has 0 saturated heterocycles. The van der Waals surface area contributed by atoms with Crippen LogP contribution in [0.3, 0.4) is 0 Å². The minimum absolute atomic E-state index is 0.0646. The molecule has 9 heteroatoms. The predicted octanol–water partition coefficient (Wildman–Crippen LogP) is 4.92. The van der Waals surface area contributed by atoms with Gasteiger partial charge in [0.1, 0.15) is 0 Å². The molecule has 0 aliphatic carbocycles. The van der Waals surface area contributed by atoms with Crippen LogP contribution >= 0.6 is 0 Å². The Morgan fingerprint density at radius 2 is 1.76 bits per heavy atom. The highest BCUT2D eigenvalue weighted by Crippen LogP contribution is 2.29. The minimum Gasteiger partial charge on any atom is -0.322 e. The van der Waals surface area contributed by atoms with Crippen molar-refractivity contribution in [2.24, 2.45) is 0 Å². The molecule has 2 aromatic carbocycles. The van der Waals surface area contributed by atoms with Crippen LogP contribution in [0.5, 0.6) is 0 Å². The van der Waals surface area contributed by atoms with Gasteiger partial charge in [0.25, 0.3) is 5.91 Å². The Kier molecular flexibility index (Phi) is 6.14. The molecule has 4 aromatic rings. The van der Waals surface area contributed by atoms with Crippen molar-refractivity contribution in [3.05, 3.63) is 71.4 Å². The highest BCUT2D eigenvalue weighted by molar-refractivity contribution is 7.92. The van der Waals surface area contributed by atoms with Gasteiger partial charge in [-0.05, 0) is 57.0 Å². The third-order valence-corrected chi connectivity index (χ3v) is 6.10. The molecular weight excluding hydrogens is 450 g/mol. The maximum absolute atomic E-state index is 13.4. The number of benzene rings is 2. The van der Waals surface area contributed by atoms with E-state index >= 15 is 0 Å². The van der Waals surface area contributed by atoms with E-state index < -0.39 is 10.0 Å². The number of aromatic nitrogens is 3. The van der Waals surface area contributed by atoms with Crippen molar-refractivity contribution in [1.29, 1.82) is 0 Å². The van der Waals surface area contributed by atoms with E-state index in [-0.39, 0.29) is 11.9 Å². The van der Waals surface area contributed by atoms with Gasteiger partial charge in [0.05, 0.1) is 34.8 Å². The van der Waals surface area contributed by atoms with E-state index in [4.69, 9.17) is 4.98 Å². The molecule has 2 N–H and O–H groups in total. The first-order valence-electron chi connectivity index (χ1n) is 10.9. The fourth-order valence-corrected chi connectivity index (χ4v) is 4.41. The molecule has 0 aliphatic heterocycles. The van der Waals surface area contributed by atoms with Crippen molar-refractivity contribution >= 4 is 38.3 Å². The molecule has 0 spiro atoms. The molecule has 176 valence electrons. The average molecular weight is 478 g/mol. The summed E-state index contributed by atoms with van der Waals surface area (Å²) >= 11 is 0. The van der Waals surface area contributed by atoms with Gasteiger partial charge in [-0.15, -0.1) is 0 Å². The van der Waals surface area contributed by atoms with Crippen LogP contribution in [0.25, 0.3) is 22.3 Å². The summed E-state index contributed by atoms with van der Waals surface area (Å²) in [6.45, 7) is 7.82. The van der Waals surface area contributed by atoms with Crippen molar-refractivity contribution in [2.45, 2.75) is 33.7 Å². The molecule has 0 bridgehead atoms. The Morgan fingerprint density at radius 3 is 2.44 bits per heavy atom. The van der Waals surface area contributed by atoms with Crippen molar-refractivity contribution in [1.82, 2.24) is 14.8 Å². The predicted molar refractivity (Wildman–Crippen MR) is 136 cm³/mol. The molecule has 2 heterocycles. The number of sulfonamides is 1. The fraction of sp³-hybridized carbons (Fsp3) is 0.240. The summed E-state index contributed by atoms with van der Waals surface area (Å²) in [6, 6.07) is 14.8. The summed E-state index contributed by atoms with van der Waals surface area (Å²) in [4.78, 5) is 18.3. The topological polar surface area (TPSA) is 106 Å². The molecule has 0 atom stereocenters. The van der Waals surface area contributed by atoms with Crippen LogP contribution in [0.15, 0.2) is 54.7 Å². The smallest absolute Gasteiger partial charge is 0.256 e.